The number of nitrogens with two attached hydrogens (primary N) is 1. The number of aryl methyl sites for hydroxylation is 1. The predicted molar refractivity (Wildman–Crippen MR) is 86.8 cm³/mol. The summed E-state index contributed by atoms with van der Waals surface area (Å²) in [5, 5.41) is 9.49. The monoisotopic (exact) mass is 325 g/mol. The fraction of sp³-hybridized carbons (Fsp3) is 0.222. The molecule has 1 unspecified atom stereocenters. The molecular formula is C18H16FN3O2. The van der Waals surface area contributed by atoms with E-state index in [2.05, 4.69) is 0 Å². The Kier molecular flexibility index (Phi) is 3.86. The smallest absolute Gasteiger partial charge is 0.258 e. The van der Waals surface area contributed by atoms with Crippen LogP contribution in [0.4, 0.5) is 4.39 Å². The quantitative estimate of drug-likeness (QED) is 0.920. The SMILES string of the molecule is CCn1c(C)cc2c(c1=O)C(c1ccc(F)cc1)C(C#N)=C(N)O2. The van der Waals surface area contributed by atoms with Crippen LogP contribution in [-0.2, 0) is 6.54 Å². The van der Waals surface area contributed by atoms with Gasteiger partial charge in [-0.3, -0.25) is 4.79 Å². The summed E-state index contributed by atoms with van der Waals surface area (Å²) < 4.78 is 20.4. The molecule has 1 aliphatic rings. The molecule has 0 radical (unpaired) electrons. The summed E-state index contributed by atoms with van der Waals surface area (Å²) in [5.74, 6) is -0.762. The van der Waals surface area contributed by atoms with Crippen LogP contribution in [0.3, 0.4) is 0 Å². The Morgan fingerprint density at radius 2 is 2.04 bits per heavy atom. The van der Waals surface area contributed by atoms with E-state index in [9.17, 15) is 14.4 Å². The van der Waals surface area contributed by atoms with Gasteiger partial charge in [-0.05, 0) is 31.5 Å². The molecule has 0 saturated carbocycles. The van der Waals surface area contributed by atoms with E-state index in [0.29, 0.717) is 23.4 Å². The van der Waals surface area contributed by atoms with Gasteiger partial charge in [0.15, 0.2) is 0 Å². The van der Waals surface area contributed by atoms with E-state index in [-0.39, 0.29) is 17.0 Å². The third kappa shape index (κ3) is 2.35. The largest absolute Gasteiger partial charge is 0.440 e. The van der Waals surface area contributed by atoms with Gasteiger partial charge in [-0.25, -0.2) is 4.39 Å². The maximum atomic E-state index is 13.3. The highest BCUT2D eigenvalue weighted by Gasteiger charge is 2.34. The molecule has 2 N–H and O–H groups in total. The summed E-state index contributed by atoms with van der Waals surface area (Å²) >= 11 is 0. The van der Waals surface area contributed by atoms with E-state index in [0.717, 1.165) is 5.69 Å². The molecule has 0 bridgehead atoms. The first kappa shape index (κ1) is 15.8. The van der Waals surface area contributed by atoms with Gasteiger partial charge < -0.3 is 15.0 Å². The molecule has 1 aliphatic heterocycles. The molecule has 1 atom stereocenters. The molecule has 5 nitrogen and oxygen atoms in total. The van der Waals surface area contributed by atoms with Gasteiger partial charge in [0.1, 0.15) is 23.2 Å². The predicted octanol–water partition coefficient (Wildman–Crippen LogP) is 2.53. The summed E-state index contributed by atoms with van der Waals surface area (Å²) in [5.41, 5.74) is 7.51. The highest BCUT2D eigenvalue weighted by atomic mass is 19.1. The fourth-order valence-corrected chi connectivity index (χ4v) is 3.07. The minimum atomic E-state index is -0.676. The van der Waals surface area contributed by atoms with Crippen LogP contribution in [0.1, 0.15) is 29.7 Å². The Morgan fingerprint density at radius 1 is 1.38 bits per heavy atom. The number of aromatic nitrogens is 1. The Morgan fingerprint density at radius 3 is 2.62 bits per heavy atom. The van der Waals surface area contributed by atoms with Crippen molar-refractivity contribution < 1.29 is 9.13 Å². The maximum Gasteiger partial charge on any atom is 0.258 e. The number of nitriles is 1. The van der Waals surface area contributed by atoms with Gasteiger partial charge in [0, 0.05) is 18.3 Å². The number of hydrogen-bond donors (Lipinski definition) is 1. The number of benzene rings is 1. The van der Waals surface area contributed by atoms with E-state index in [1.165, 1.54) is 12.1 Å². The molecule has 0 saturated heterocycles. The van der Waals surface area contributed by atoms with Crippen LogP contribution in [0.2, 0.25) is 0 Å². The van der Waals surface area contributed by atoms with Crippen molar-refractivity contribution in [3.8, 4) is 11.8 Å². The molecule has 3 rings (SSSR count). The molecule has 0 aliphatic carbocycles. The van der Waals surface area contributed by atoms with Gasteiger partial charge in [-0.2, -0.15) is 5.26 Å². The zero-order valence-corrected chi connectivity index (χ0v) is 13.3. The summed E-state index contributed by atoms with van der Waals surface area (Å²) in [6, 6.07) is 9.45. The lowest BCUT2D eigenvalue weighted by Crippen LogP contribution is -2.32. The Labute approximate surface area is 138 Å². The lowest BCUT2D eigenvalue weighted by atomic mass is 9.84. The summed E-state index contributed by atoms with van der Waals surface area (Å²) in [6.45, 7) is 4.17. The van der Waals surface area contributed by atoms with E-state index in [4.69, 9.17) is 10.5 Å². The van der Waals surface area contributed by atoms with Crippen molar-refractivity contribution >= 4 is 0 Å². The summed E-state index contributed by atoms with van der Waals surface area (Å²) in [6.07, 6.45) is 0. The van der Waals surface area contributed by atoms with Crippen LogP contribution in [-0.4, -0.2) is 4.57 Å². The molecule has 24 heavy (non-hydrogen) atoms. The maximum absolute atomic E-state index is 13.3. The van der Waals surface area contributed by atoms with Crippen LogP contribution in [0.25, 0.3) is 0 Å². The molecule has 6 heteroatoms. The van der Waals surface area contributed by atoms with Crippen LogP contribution in [0, 0.1) is 24.1 Å². The minimum absolute atomic E-state index is 0.0348. The van der Waals surface area contributed by atoms with Gasteiger partial charge >= 0.3 is 0 Å². The van der Waals surface area contributed by atoms with Crippen molar-refractivity contribution in [3.05, 3.63) is 74.8 Å². The van der Waals surface area contributed by atoms with Gasteiger partial charge in [0.2, 0.25) is 5.88 Å². The number of nitrogens with zero attached hydrogens (tertiary/aromatic N) is 2. The van der Waals surface area contributed by atoms with Crippen molar-refractivity contribution in [3.63, 3.8) is 0 Å². The number of pyridine rings is 1. The third-order valence-electron chi connectivity index (χ3n) is 4.21. The number of ether oxygens (including phenoxy) is 1. The molecule has 0 spiro atoms. The number of halogens is 1. The first-order chi connectivity index (χ1) is 11.5. The molecule has 122 valence electrons. The van der Waals surface area contributed by atoms with Gasteiger partial charge in [-0.1, -0.05) is 12.1 Å². The highest BCUT2D eigenvalue weighted by molar-refractivity contribution is 5.55. The number of rotatable bonds is 2. The Balaban J connectivity index is 2.33. The lowest BCUT2D eigenvalue weighted by Gasteiger charge is -2.27. The molecular weight excluding hydrogens is 309 g/mol. The van der Waals surface area contributed by atoms with Gasteiger partial charge in [-0.15, -0.1) is 0 Å². The standard InChI is InChI=1S/C18H16FN3O2/c1-3-22-10(2)8-14-16(18(22)23)15(13(9-20)17(21)24-14)11-4-6-12(19)7-5-11/h4-8,15H,3,21H2,1-2H3. The average molecular weight is 325 g/mol. The van der Waals surface area contributed by atoms with Crippen LogP contribution in [0.5, 0.6) is 5.75 Å². The first-order valence-electron chi connectivity index (χ1n) is 7.55. The molecule has 1 aromatic carbocycles. The average Bonchev–Trinajstić information content (AvgIpc) is 2.54. The minimum Gasteiger partial charge on any atom is -0.440 e. The van der Waals surface area contributed by atoms with Crippen LogP contribution < -0.4 is 16.0 Å². The van der Waals surface area contributed by atoms with Crippen molar-refractivity contribution in [2.45, 2.75) is 26.3 Å². The van der Waals surface area contributed by atoms with Gasteiger partial charge in [0.25, 0.3) is 5.56 Å². The van der Waals surface area contributed by atoms with Crippen molar-refractivity contribution in [2.75, 3.05) is 0 Å². The summed E-state index contributed by atoms with van der Waals surface area (Å²) in [7, 11) is 0. The van der Waals surface area contributed by atoms with E-state index in [1.807, 2.05) is 13.0 Å². The van der Waals surface area contributed by atoms with Crippen LogP contribution in [0.15, 0.2) is 46.6 Å². The van der Waals surface area contributed by atoms with Crippen molar-refractivity contribution in [1.82, 2.24) is 4.57 Å². The van der Waals surface area contributed by atoms with E-state index >= 15 is 0 Å². The number of hydrogen-bond acceptors (Lipinski definition) is 4. The fourth-order valence-electron chi connectivity index (χ4n) is 3.07. The topological polar surface area (TPSA) is 81.0 Å². The molecule has 2 aromatic rings. The zero-order chi connectivity index (χ0) is 17.4. The lowest BCUT2D eigenvalue weighted by molar-refractivity contribution is 0.388. The normalized spacial score (nSPS) is 16.3. The Hall–Kier alpha value is -3.07. The second-order valence-corrected chi connectivity index (χ2v) is 5.59. The van der Waals surface area contributed by atoms with Crippen LogP contribution >= 0.6 is 0 Å². The zero-order valence-electron chi connectivity index (χ0n) is 13.3. The Bertz CT molecular complexity index is 936. The van der Waals surface area contributed by atoms with Crippen molar-refractivity contribution in [1.29, 1.82) is 5.26 Å². The first-order valence-corrected chi connectivity index (χ1v) is 7.55. The molecule has 0 amide bonds. The molecule has 2 heterocycles. The number of allylic oxidation sites excluding steroid dienone is 1. The van der Waals surface area contributed by atoms with Gasteiger partial charge in [0.05, 0.1) is 11.5 Å². The molecule has 0 fully saturated rings. The third-order valence-corrected chi connectivity index (χ3v) is 4.21. The summed E-state index contributed by atoms with van der Waals surface area (Å²) in [4.78, 5) is 12.9. The second-order valence-electron chi connectivity index (χ2n) is 5.59. The van der Waals surface area contributed by atoms with E-state index < -0.39 is 11.7 Å². The van der Waals surface area contributed by atoms with E-state index in [1.54, 1.807) is 29.7 Å². The molecule has 1 aromatic heterocycles. The number of fused-ring (bicyclic) bond motifs is 1. The highest BCUT2D eigenvalue weighted by Crippen LogP contribution is 2.40. The second kappa shape index (κ2) is 5.85. The van der Waals surface area contributed by atoms with Crippen molar-refractivity contribution in [2.24, 2.45) is 5.73 Å².